The third kappa shape index (κ3) is 19.6. The second kappa shape index (κ2) is 16.5. The van der Waals surface area contributed by atoms with E-state index in [0.29, 0.717) is 6.42 Å². The monoisotopic (exact) mass is 396 g/mol. The van der Waals surface area contributed by atoms with Crippen LogP contribution in [0, 0.1) is 0 Å². The maximum absolute atomic E-state index is 11.8. The Morgan fingerprint density at radius 1 is 1.00 bits per heavy atom. The zero-order chi connectivity index (χ0) is 20.5. The van der Waals surface area contributed by atoms with Crippen molar-refractivity contribution in [3.63, 3.8) is 0 Å². The second-order valence-electron chi connectivity index (χ2n) is 6.75. The van der Waals surface area contributed by atoms with Gasteiger partial charge in [-0.2, -0.15) is 0 Å². The van der Waals surface area contributed by atoms with Crippen LogP contribution in [0.1, 0.15) is 79.1 Å². The van der Waals surface area contributed by atoms with Gasteiger partial charge in [-0.05, 0) is 26.7 Å². The van der Waals surface area contributed by atoms with Crippen molar-refractivity contribution in [1.29, 1.82) is 0 Å². The molecule has 0 aliphatic rings. The number of carbonyl (C=O) groups is 1. The molecule has 0 heterocycles. The Morgan fingerprint density at radius 3 is 2.00 bits per heavy atom. The molecule has 1 N–H and O–H groups in total. The summed E-state index contributed by atoms with van der Waals surface area (Å²) in [7, 11) is -2.21. The molecule has 0 aliphatic heterocycles. The van der Waals surface area contributed by atoms with Gasteiger partial charge in [-0.25, -0.2) is 8.42 Å². The molecule has 0 aromatic heterocycles. The molecule has 0 saturated heterocycles. The van der Waals surface area contributed by atoms with Gasteiger partial charge >= 0.3 is 0 Å². The average molecular weight is 397 g/mol. The zero-order valence-corrected chi connectivity index (χ0v) is 18.2. The summed E-state index contributed by atoms with van der Waals surface area (Å²) in [4.78, 5) is 11.8. The van der Waals surface area contributed by atoms with Crippen molar-refractivity contribution in [3.8, 4) is 0 Å². The van der Waals surface area contributed by atoms with Crippen molar-refractivity contribution in [2.75, 3.05) is 33.4 Å². The van der Waals surface area contributed by atoms with Crippen molar-refractivity contribution in [2.24, 2.45) is 0 Å². The van der Waals surface area contributed by atoms with E-state index in [2.05, 4.69) is 37.3 Å². The molecule has 0 rings (SSSR count). The molecule has 0 aromatic carbocycles. The predicted octanol–water partition coefficient (Wildman–Crippen LogP) is 3.17. The number of amides is 1. The molecule has 7 nitrogen and oxygen atoms in total. The molecule has 0 saturated carbocycles. The van der Waals surface area contributed by atoms with Crippen molar-refractivity contribution >= 4 is 16.3 Å². The Bertz CT molecular complexity index is 443. The molecule has 0 aromatic rings. The molecule has 1 atom stereocenters. The van der Waals surface area contributed by atoms with E-state index in [1.165, 1.54) is 39.0 Å². The number of carbonyl (C=O) groups excluding carboxylic acids is 1. The number of nitrogens with one attached hydrogen (secondary N) is 1. The highest BCUT2D eigenvalue weighted by molar-refractivity contribution is 7.80. The van der Waals surface area contributed by atoms with Gasteiger partial charge in [0.05, 0.1) is 26.7 Å². The van der Waals surface area contributed by atoms with Gasteiger partial charge in [0, 0.05) is 6.42 Å². The summed E-state index contributed by atoms with van der Waals surface area (Å²) < 4.78 is 32.9. The summed E-state index contributed by atoms with van der Waals surface area (Å²) in [5.74, 6) is 0.226. The van der Waals surface area contributed by atoms with Crippen LogP contribution in [0.2, 0.25) is 0 Å². The van der Waals surface area contributed by atoms with Crippen LogP contribution in [0.25, 0.3) is 0 Å². The summed E-state index contributed by atoms with van der Waals surface area (Å²) in [5.41, 5.74) is 0. The minimum Gasteiger partial charge on any atom is -0.726 e. The average Bonchev–Trinajstić information content (AvgIpc) is 2.56. The second-order valence-corrected chi connectivity index (χ2v) is 7.80. The van der Waals surface area contributed by atoms with Crippen molar-refractivity contribution in [3.05, 3.63) is 0 Å². The molecule has 0 fully saturated rings. The number of nitrogens with zero attached hydrogens (tertiary/aromatic N) is 1. The largest absolute Gasteiger partial charge is 0.726 e. The van der Waals surface area contributed by atoms with Crippen LogP contribution < -0.4 is 5.32 Å². The molecule has 8 heteroatoms. The van der Waals surface area contributed by atoms with E-state index in [4.69, 9.17) is 0 Å². The Balaban J connectivity index is 0. The lowest BCUT2D eigenvalue weighted by molar-refractivity contribution is -0.909. The maximum Gasteiger partial charge on any atom is 0.224 e. The van der Waals surface area contributed by atoms with E-state index in [0.717, 1.165) is 37.1 Å². The smallest absolute Gasteiger partial charge is 0.224 e. The molecule has 0 spiro atoms. The van der Waals surface area contributed by atoms with Crippen molar-refractivity contribution < 1.29 is 26.4 Å². The third-order valence-corrected chi connectivity index (χ3v) is 4.73. The Labute approximate surface area is 161 Å². The zero-order valence-electron chi connectivity index (χ0n) is 17.4. The molecule has 0 bridgehead atoms. The summed E-state index contributed by atoms with van der Waals surface area (Å²) in [6.07, 6.45) is 9.31. The molecule has 158 valence electrons. The minimum absolute atomic E-state index is 0.0914. The fraction of sp³-hybridized carbons (Fsp3) is 0.944. The summed E-state index contributed by atoms with van der Waals surface area (Å²) >= 11 is 0. The van der Waals surface area contributed by atoms with E-state index in [9.17, 15) is 17.8 Å². The SMILES string of the molecule is CCCCCCCCC(=O)NC[N+](C)(CC)CCC.CCOS(=O)(=O)[O-]. The molecule has 0 aliphatic carbocycles. The van der Waals surface area contributed by atoms with Gasteiger partial charge in [-0.1, -0.05) is 46.0 Å². The molecular formula is C18H40N2O5S. The lowest BCUT2D eigenvalue weighted by Crippen LogP contribution is -2.51. The molecule has 1 amide bonds. The summed E-state index contributed by atoms with van der Waals surface area (Å²) in [5, 5.41) is 3.09. The molecule has 0 radical (unpaired) electrons. The first-order valence-corrected chi connectivity index (χ1v) is 11.2. The van der Waals surface area contributed by atoms with Crippen molar-refractivity contribution in [1.82, 2.24) is 5.32 Å². The summed E-state index contributed by atoms with van der Waals surface area (Å²) in [6.45, 7) is 10.9. The highest BCUT2D eigenvalue weighted by atomic mass is 32.3. The standard InChI is InChI=1S/C16H34N2O.C2H6O4S/c1-5-8-9-10-11-12-13-16(19)17-15-18(4,7-3)14-6-2;1-2-6-7(3,4)5/h5-15H2,1-4H3;2H2,1H3,(H,3,4,5). The van der Waals surface area contributed by atoms with Gasteiger partial charge in [-0.3, -0.25) is 8.98 Å². The fourth-order valence-corrected chi connectivity index (χ4v) is 2.76. The van der Waals surface area contributed by atoms with Gasteiger partial charge in [-0.15, -0.1) is 0 Å². The third-order valence-electron chi connectivity index (χ3n) is 4.20. The number of unbranched alkanes of at least 4 members (excludes halogenated alkanes) is 5. The quantitative estimate of drug-likeness (QED) is 0.160. The number of rotatable bonds is 14. The van der Waals surface area contributed by atoms with Crippen LogP contribution >= 0.6 is 0 Å². The van der Waals surface area contributed by atoms with E-state index >= 15 is 0 Å². The maximum atomic E-state index is 11.8. The number of hydrogen-bond donors (Lipinski definition) is 1. The topological polar surface area (TPSA) is 95.5 Å². The number of hydrogen-bond acceptors (Lipinski definition) is 5. The van der Waals surface area contributed by atoms with Gasteiger partial charge < -0.3 is 14.4 Å². The van der Waals surface area contributed by atoms with Gasteiger partial charge in [0.1, 0.15) is 0 Å². The highest BCUT2D eigenvalue weighted by Crippen LogP contribution is 2.07. The van der Waals surface area contributed by atoms with Crippen molar-refractivity contribution in [2.45, 2.75) is 79.1 Å². The van der Waals surface area contributed by atoms with E-state index in [1.54, 1.807) is 0 Å². The van der Waals surface area contributed by atoms with Crippen LogP contribution in [0.3, 0.4) is 0 Å². The highest BCUT2D eigenvalue weighted by Gasteiger charge is 2.18. The Kier molecular flexibility index (Phi) is 17.4. The molecular weight excluding hydrogens is 356 g/mol. The van der Waals surface area contributed by atoms with E-state index in [1.807, 2.05) is 0 Å². The molecule has 1 unspecified atom stereocenters. The first kappa shape index (κ1) is 27.5. The predicted molar refractivity (Wildman–Crippen MR) is 104 cm³/mol. The fourth-order valence-electron chi connectivity index (χ4n) is 2.47. The normalized spacial score (nSPS) is 13.5. The van der Waals surface area contributed by atoms with Crippen LogP contribution in [0.5, 0.6) is 0 Å². The lowest BCUT2D eigenvalue weighted by atomic mass is 10.1. The van der Waals surface area contributed by atoms with E-state index < -0.39 is 10.4 Å². The first-order valence-electron chi connectivity index (χ1n) is 9.84. The number of quaternary nitrogens is 1. The first-order chi connectivity index (χ1) is 12.1. The van der Waals surface area contributed by atoms with Crippen LogP contribution in [-0.2, 0) is 19.4 Å². The molecule has 26 heavy (non-hydrogen) atoms. The Morgan fingerprint density at radius 2 is 1.58 bits per heavy atom. The lowest BCUT2D eigenvalue weighted by Gasteiger charge is -2.33. The van der Waals surface area contributed by atoms with Gasteiger partial charge in [0.25, 0.3) is 0 Å². The van der Waals surface area contributed by atoms with Crippen LogP contribution in [0.15, 0.2) is 0 Å². The minimum atomic E-state index is -4.42. The summed E-state index contributed by atoms with van der Waals surface area (Å²) in [6, 6.07) is 0. The van der Waals surface area contributed by atoms with Gasteiger partial charge in [0.2, 0.25) is 16.3 Å². The van der Waals surface area contributed by atoms with Crippen LogP contribution in [-0.4, -0.2) is 56.8 Å². The van der Waals surface area contributed by atoms with Gasteiger partial charge in [0.15, 0.2) is 6.67 Å². The van der Waals surface area contributed by atoms with Crippen LogP contribution in [0.4, 0.5) is 0 Å². The Hall–Kier alpha value is -0.700. The van der Waals surface area contributed by atoms with E-state index in [-0.39, 0.29) is 12.5 Å².